The van der Waals surface area contributed by atoms with Crippen molar-refractivity contribution in [3.8, 4) is 11.1 Å². The lowest BCUT2D eigenvalue weighted by Gasteiger charge is -2.23. The molecule has 1 atom stereocenters. The zero-order valence-electron chi connectivity index (χ0n) is 24.4. The Bertz CT molecular complexity index is 1950. The van der Waals surface area contributed by atoms with Gasteiger partial charge in [0, 0.05) is 53.5 Å². The molecule has 0 unspecified atom stereocenters. The van der Waals surface area contributed by atoms with E-state index >= 15 is 0 Å². The topological polar surface area (TPSA) is 93.1 Å². The number of para-hydroxylation sites is 1. The molecule has 0 saturated carbocycles. The van der Waals surface area contributed by atoms with Crippen molar-refractivity contribution in [1.82, 2.24) is 20.2 Å². The second kappa shape index (κ2) is 12.4. The van der Waals surface area contributed by atoms with Crippen LogP contribution in [0.1, 0.15) is 56.6 Å². The third-order valence-corrected chi connectivity index (χ3v) is 8.09. The monoisotopic (exact) mass is 610 g/mol. The summed E-state index contributed by atoms with van der Waals surface area (Å²) in [5.74, 6) is -3.20. The number of halogens is 3. The maximum absolute atomic E-state index is 14.5. The van der Waals surface area contributed by atoms with Crippen LogP contribution < -0.4 is 10.6 Å². The second-order valence-electron chi connectivity index (χ2n) is 11.0. The van der Waals surface area contributed by atoms with Crippen LogP contribution >= 0.6 is 0 Å². The van der Waals surface area contributed by atoms with Gasteiger partial charge in [-0.2, -0.15) is 0 Å². The first-order valence-corrected chi connectivity index (χ1v) is 14.6. The summed E-state index contributed by atoms with van der Waals surface area (Å²) in [6.45, 7) is -0.101. The number of rotatable bonds is 8. The van der Waals surface area contributed by atoms with Crippen LogP contribution in [-0.2, 0) is 24.2 Å². The van der Waals surface area contributed by atoms with Crippen molar-refractivity contribution in [2.24, 2.45) is 0 Å². The smallest absolute Gasteiger partial charge is 0.254 e. The first-order valence-electron chi connectivity index (χ1n) is 14.6. The highest BCUT2D eigenvalue weighted by molar-refractivity contribution is 6.10. The number of benzene rings is 3. The lowest BCUT2D eigenvalue weighted by molar-refractivity contribution is -0.122. The highest BCUT2D eigenvalue weighted by atomic mass is 19.1. The van der Waals surface area contributed by atoms with Gasteiger partial charge in [0.2, 0.25) is 5.91 Å². The van der Waals surface area contributed by atoms with Crippen LogP contribution in [0.5, 0.6) is 0 Å². The van der Waals surface area contributed by atoms with E-state index in [2.05, 4.69) is 15.6 Å². The molecule has 2 aromatic heterocycles. The van der Waals surface area contributed by atoms with Crippen molar-refractivity contribution in [3.63, 3.8) is 0 Å². The molecule has 5 aromatic rings. The molecule has 0 spiro atoms. The van der Waals surface area contributed by atoms with Crippen molar-refractivity contribution in [1.29, 1.82) is 0 Å². The van der Waals surface area contributed by atoms with Gasteiger partial charge in [-0.3, -0.25) is 19.4 Å². The van der Waals surface area contributed by atoms with Crippen LogP contribution in [0.15, 0.2) is 79.0 Å². The summed E-state index contributed by atoms with van der Waals surface area (Å²) in [7, 11) is 1.40. The third-order valence-electron chi connectivity index (χ3n) is 8.09. The lowest BCUT2D eigenvalue weighted by atomic mass is 9.94. The molecule has 1 aliphatic carbocycles. The maximum atomic E-state index is 14.5. The van der Waals surface area contributed by atoms with Gasteiger partial charge in [-0.15, -0.1) is 0 Å². The van der Waals surface area contributed by atoms with Gasteiger partial charge in [0.25, 0.3) is 5.91 Å². The molecule has 0 radical (unpaired) electrons. The van der Waals surface area contributed by atoms with E-state index in [1.807, 2.05) is 28.8 Å². The molecule has 10 heteroatoms. The quantitative estimate of drug-likeness (QED) is 0.222. The summed E-state index contributed by atoms with van der Waals surface area (Å²) in [4.78, 5) is 43.6. The van der Waals surface area contributed by atoms with Gasteiger partial charge < -0.3 is 15.2 Å². The molecule has 7 nitrogen and oxygen atoms in total. The summed E-state index contributed by atoms with van der Waals surface area (Å²) in [5, 5.41) is 6.22. The average molecular weight is 611 g/mol. The Labute approximate surface area is 257 Å². The number of hydrogen-bond acceptors (Lipinski definition) is 4. The molecule has 2 amide bonds. The Morgan fingerprint density at radius 1 is 0.956 bits per heavy atom. The zero-order valence-corrected chi connectivity index (χ0v) is 24.4. The van der Waals surface area contributed by atoms with E-state index in [1.165, 1.54) is 43.6 Å². The van der Waals surface area contributed by atoms with Crippen LogP contribution in [0.4, 0.5) is 13.2 Å². The minimum Gasteiger partial charge on any atom is -0.355 e. The van der Waals surface area contributed by atoms with E-state index in [1.54, 1.807) is 12.1 Å². The fourth-order valence-electron chi connectivity index (χ4n) is 6.15. The van der Waals surface area contributed by atoms with Gasteiger partial charge in [-0.1, -0.05) is 30.3 Å². The summed E-state index contributed by atoms with van der Waals surface area (Å²) < 4.78 is 44.8. The number of amides is 2. The van der Waals surface area contributed by atoms with Gasteiger partial charge >= 0.3 is 0 Å². The number of fused-ring (bicyclic) bond motifs is 3. The van der Waals surface area contributed by atoms with Crippen LogP contribution in [0.25, 0.3) is 22.0 Å². The van der Waals surface area contributed by atoms with E-state index in [9.17, 15) is 27.6 Å². The van der Waals surface area contributed by atoms with Crippen LogP contribution in [-0.4, -0.2) is 34.2 Å². The predicted molar refractivity (Wildman–Crippen MR) is 163 cm³/mol. The van der Waals surface area contributed by atoms with Gasteiger partial charge in [0.1, 0.15) is 24.0 Å². The first-order chi connectivity index (χ1) is 21.7. The van der Waals surface area contributed by atoms with E-state index in [0.717, 1.165) is 22.7 Å². The van der Waals surface area contributed by atoms with Crippen molar-refractivity contribution in [2.75, 3.05) is 7.05 Å². The summed E-state index contributed by atoms with van der Waals surface area (Å²) >= 11 is 0. The number of nitrogens with zero attached hydrogens (tertiary/aromatic N) is 2. The van der Waals surface area contributed by atoms with E-state index in [4.69, 9.17) is 0 Å². The Balaban J connectivity index is 1.40. The number of pyridine rings is 1. The number of ketones is 1. The largest absolute Gasteiger partial charge is 0.355 e. The number of aromatic nitrogens is 2. The molecular formula is C35H29F3N4O3. The molecule has 6 rings (SSSR count). The van der Waals surface area contributed by atoms with E-state index in [-0.39, 0.29) is 29.9 Å². The Hall–Kier alpha value is -5.25. The second-order valence-corrected chi connectivity index (χ2v) is 11.0. The Kier molecular flexibility index (Phi) is 8.21. The molecule has 0 fully saturated rings. The zero-order chi connectivity index (χ0) is 31.7. The summed E-state index contributed by atoms with van der Waals surface area (Å²) in [6, 6.07) is 17.2. The molecule has 0 aliphatic heterocycles. The number of nitrogens with one attached hydrogen (secondary N) is 2. The van der Waals surface area contributed by atoms with Crippen molar-refractivity contribution in [3.05, 3.63) is 125 Å². The minimum atomic E-state index is -0.873. The highest BCUT2D eigenvalue weighted by Crippen LogP contribution is 2.33. The number of carbonyl (C=O) groups excluding carboxylic acids is 3. The highest BCUT2D eigenvalue weighted by Gasteiger charge is 2.28. The number of carbonyl (C=O) groups is 3. The summed E-state index contributed by atoms with van der Waals surface area (Å²) in [5.41, 5.74) is 3.66. The minimum absolute atomic E-state index is 0.0169. The molecular weight excluding hydrogens is 581 g/mol. The van der Waals surface area contributed by atoms with Crippen molar-refractivity contribution < 1.29 is 27.6 Å². The number of hydrogen-bond donors (Lipinski definition) is 2. The molecule has 228 valence electrons. The van der Waals surface area contributed by atoms with E-state index < -0.39 is 35.3 Å². The average Bonchev–Trinajstić information content (AvgIpc) is 3.34. The van der Waals surface area contributed by atoms with Crippen molar-refractivity contribution in [2.45, 2.75) is 38.3 Å². The standard InChI is InChI=1S/C35H29F3N4O3/c1-39-35(45)26-17-21(11-12-27(26)38)24-7-5-13-40-34(24)28(16-20-14-22(36)18-23(37)15-20)41-32(44)19-42-29-8-3-2-6-25(29)33-30(42)9-4-10-31(33)43/h2-3,5-8,11-15,17-18,28H,4,9-10,16,19H2,1H3,(H,39,45)(H,41,44)/t28-/m0/s1. The molecule has 2 N–H and O–H groups in total. The maximum Gasteiger partial charge on any atom is 0.254 e. The third kappa shape index (κ3) is 5.95. The normalized spacial score (nSPS) is 13.4. The van der Waals surface area contributed by atoms with Gasteiger partial charge in [-0.05, 0) is 66.8 Å². The van der Waals surface area contributed by atoms with Crippen molar-refractivity contribution >= 4 is 28.5 Å². The van der Waals surface area contributed by atoms with Gasteiger partial charge in [0.05, 0.1) is 17.3 Å². The Morgan fingerprint density at radius 2 is 1.73 bits per heavy atom. The molecule has 45 heavy (non-hydrogen) atoms. The van der Waals surface area contributed by atoms with E-state index in [0.29, 0.717) is 41.6 Å². The Morgan fingerprint density at radius 3 is 2.51 bits per heavy atom. The molecule has 0 saturated heterocycles. The lowest BCUT2D eigenvalue weighted by Crippen LogP contribution is -2.34. The van der Waals surface area contributed by atoms with Crippen LogP contribution in [0.3, 0.4) is 0 Å². The SMILES string of the molecule is CNC(=O)c1cc(-c2cccnc2[C@H](Cc2cc(F)cc(F)c2)NC(=O)Cn2c3c(c4ccccc42)C(=O)CCC3)ccc1F. The number of Topliss-reactive ketones (excluding diaryl/α,β-unsaturated/α-hetero) is 1. The fourth-order valence-corrected chi connectivity index (χ4v) is 6.15. The fraction of sp³-hybridized carbons (Fsp3) is 0.200. The van der Waals surface area contributed by atoms with Gasteiger partial charge in [0.15, 0.2) is 5.78 Å². The molecule has 1 aliphatic rings. The van der Waals surface area contributed by atoms with Crippen LogP contribution in [0, 0.1) is 17.5 Å². The first kappa shape index (κ1) is 29.8. The molecule has 2 heterocycles. The predicted octanol–water partition coefficient (Wildman–Crippen LogP) is 6.10. The van der Waals surface area contributed by atoms with Crippen LogP contribution in [0.2, 0.25) is 0 Å². The van der Waals surface area contributed by atoms with Gasteiger partial charge in [-0.25, -0.2) is 13.2 Å². The summed E-state index contributed by atoms with van der Waals surface area (Å²) in [6.07, 6.45) is 3.29. The molecule has 0 bridgehead atoms. The molecule has 3 aromatic carbocycles.